The number of benzene rings is 2. The van der Waals surface area contributed by atoms with E-state index in [9.17, 15) is 9.59 Å². The fourth-order valence-corrected chi connectivity index (χ4v) is 2.00. The van der Waals surface area contributed by atoms with Crippen molar-refractivity contribution in [1.82, 2.24) is 5.32 Å². The molecule has 0 bridgehead atoms. The second-order valence-corrected chi connectivity index (χ2v) is 5.19. The number of carbonyl (C=O) groups excluding carboxylic acids is 1. The molecule has 2 aromatic rings. The Bertz CT molecular complexity index is 717. The standard InChI is InChI=1S/C16H15ClN2O4/c17-11-3-6-14(13(7-11)16(21)22)23-9-15(20)19-8-10-1-4-12(18)5-2-10/h1-7H,8-9,18H2,(H,19,20)(H,21,22). The minimum atomic E-state index is -1.18. The van der Waals surface area contributed by atoms with E-state index in [-0.39, 0.29) is 28.8 Å². The zero-order valence-corrected chi connectivity index (χ0v) is 12.8. The quantitative estimate of drug-likeness (QED) is 0.704. The summed E-state index contributed by atoms with van der Waals surface area (Å²) in [4.78, 5) is 22.9. The van der Waals surface area contributed by atoms with Gasteiger partial charge in [0.15, 0.2) is 6.61 Å². The number of carboxylic acid groups (broad SMARTS) is 1. The van der Waals surface area contributed by atoms with Crippen LogP contribution < -0.4 is 15.8 Å². The van der Waals surface area contributed by atoms with Crippen molar-refractivity contribution in [1.29, 1.82) is 0 Å². The number of carbonyl (C=O) groups is 2. The Morgan fingerprint density at radius 3 is 2.52 bits per heavy atom. The van der Waals surface area contributed by atoms with Crippen LogP contribution >= 0.6 is 11.6 Å². The van der Waals surface area contributed by atoms with Gasteiger partial charge in [0.1, 0.15) is 11.3 Å². The topological polar surface area (TPSA) is 102 Å². The van der Waals surface area contributed by atoms with Gasteiger partial charge in [-0.2, -0.15) is 0 Å². The van der Waals surface area contributed by atoms with Crippen LogP contribution in [0.3, 0.4) is 0 Å². The highest BCUT2D eigenvalue weighted by atomic mass is 35.5. The predicted octanol–water partition coefficient (Wildman–Crippen LogP) is 2.32. The first-order valence-corrected chi connectivity index (χ1v) is 7.10. The van der Waals surface area contributed by atoms with E-state index in [0.717, 1.165) is 5.56 Å². The first kappa shape index (κ1) is 16.6. The van der Waals surface area contributed by atoms with E-state index in [1.807, 2.05) is 0 Å². The molecule has 120 valence electrons. The van der Waals surface area contributed by atoms with E-state index >= 15 is 0 Å². The summed E-state index contributed by atoms with van der Waals surface area (Å²) in [6.07, 6.45) is 0. The third kappa shape index (κ3) is 4.89. The molecule has 0 unspecified atom stereocenters. The lowest BCUT2D eigenvalue weighted by Gasteiger charge is -2.10. The summed E-state index contributed by atoms with van der Waals surface area (Å²) in [5.41, 5.74) is 7.02. The van der Waals surface area contributed by atoms with Gasteiger partial charge >= 0.3 is 5.97 Å². The Kier molecular flexibility index (Phi) is 5.43. The third-order valence-corrected chi connectivity index (χ3v) is 3.24. The lowest BCUT2D eigenvalue weighted by molar-refractivity contribution is -0.123. The Hall–Kier alpha value is -2.73. The number of nitrogens with two attached hydrogens (primary N) is 1. The first-order chi connectivity index (χ1) is 11.0. The van der Waals surface area contributed by atoms with Gasteiger partial charge < -0.3 is 20.9 Å². The van der Waals surface area contributed by atoms with Gasteiger partial charge in [-0.25, -0.2) is 4.79 Å². The fourth-order valence-electron chi connectivity index (χ4n) is 1.83. The molecule has 6 nitrogen and oxygen atoms in total. The van der Waals surface area contributed by atoms with Crippen molar-refractivity contribution in [3.8, 4) is 5.75 Å². The molecule has 2 aromatic carbocycles. The molecule has 0 aliphatic heterocycles. The van der Waals surface area contributed by atoms with Crippen molar-refractivity contribution >= 4 is 29.2 Å². The zero-order chi connectivity index (χ0) is 16.8. The molecule has 0 aliphatic rings. The van der Waals surface area contributed by atoms with Gasteiger partial charge in [-0.05, 0) is 35.9 Å². The number of nitrogens with one attached hydrogen (secondary N) is 1. The van der Waals surface area contributed by atoms with Crippen molar-refractivity contribution < 1.29 is 19.4 Å². The summed E-state index contributed by atoms with van der Waals surface area (Å²) in [6.45, 7) is 0.0335. The van der Waals surface area contributed by atoms with Crippen LogP contribution in [0.25, 0.3) is 0 Å². The molecule has 0 saturated carbocycles. The molecule has 0 aromatic heterocycles. The Morgan fingerprint density at radius 2 is 1.87 bits per heavy atom. The molecule has 23 heavy (non-hydrogen) atoms. The second-order valence-electron chi connectivity index (χ2n) is 4.75. The van der Waals surface area contributed by atoms with Crippen molar-refractivity contribution in [2.45, 2.75) is 6.54 Å². The van der Waals surface area contributed by atoms with Crippen LogP contribution in [-0.4, -0.2) is 23.6 Å². The molecule has 0 spiro atoms. The van der Waals surface area contributed by atoms with Crippen molar-refractivity contribution in [3.63, 3.8) is 0 Å². The van der Waals surface area contributed by atoms with Crippen molar-refractivity contribution in [2.24, 2.45) is 0 Å². The first-order valence-electron chi connectivity index (χ1n) is 6.72. The average Bonchev–Trinajstić information content (AvgIpc) is 2.53. The molecule has 0 heterocycles. The molecule has 0 fully saturated rings. The molecule has 4 N–H and O–H groups in total. The van der Waals surface area contributed by atoms with Crippen LogP contribution in [0.2, 0.25) is 5.02 Å². The maximum Gasteiger partial charge on any atom is 0.339 e. The molecule has 0 saturated heterocycles. The molecule has 0 radical (unpaired) electrons. The number of halogens is 1. The summed E-state index contributed by atoms with van der Waals surface area (Å²) in [5.74, 6) is -1.46. The number of anilines is 1. The zero-order valence-electron chi connectivity index (χ0n) is 12.1. The third-order valence-electron chi connectivity index (χ3n) is 3.00. The Balaban J connectivity index is 1.89. The van der Waals surface area contributed by atoms with E-state index in [1.165, 1.54) is 18.2 Å². The second kappa shape index (κ2) is 7.51. The largest absolute Gasteiger partial charge is 0.483 e. The van der Waals surface area contributed by atoms with Gasteiger partial charge in [-0.1, -0.05) is 23.7 Å². The maximum absolute atomic E-state index is 11.8. The molecule has 7 heteroatoms. The SMILES string of the molecule is Nc1ccc(CNC(=O)COc2ccc(Cl)cc2C(=O)O)cc1. The normalized spacial score (nSPS) is 10.1. The van der Waals surface area contributed by atoms with Crippen LogP contribution in [0.15, 0.2) is 42.5 Å². The van der Waals surface area contributed by atoms with Crippen molar-refractivity contribution in [3.05, 3.63) is 58.6 Å². The number of carboxylic acids is 1. The molecule has 2 rings (SSSR count). The highest BCUT2D eigenvalue weighted by molar-refractivity contribution is 6.31. The number of hydrogen-bond donors (Lipinski definition) is 3. The van der Waals surface area contributed by atoms with Crippen LogP contribution in [0.5, 0.6) is 5.75 Å². The summed E-state index contributed by atoms with van der Waals surface area (Å²) >= 11 is 5.75. The molecule has 1 amide bonds. The minimum Gasteiger partial charge on any atom is -0.483 e. The maximum atomic E-state index is 11.8. The number of rotatable bonds is 6. The minimum absolute atomic E-state index is 0.0875. The van der Waals surface area contributed by atoms with Gasteiger partial charge in [0.2, 0.25) is 0 Å². The number of ether oxygens (including phenoxy) is 1. The molecular formula is C16H15ClN2O4. The van der Waals surface area contributed by atoms with E-state index in [2.05, 4.69) is 5.32 Å². The highest BCUT2D eigenvalue weighted by Gasteiger charge is 2.13. The molecule has 0 atom stereocenters. The van der Waals surface area contributed by atoms with E-state index < -0.39 is 5.97 Å². The average molecular weight is 335 g/mol. The van der Waals surface area contributed by atoms with Gasteiger partial charge in [0.05, 0.1) is 0 Å². The molecular weight excluding hydrogens is 320 g/mol. The summed E-state index contributed by atoms with van der Waals surface area (Å²) in [5, 5.41) is 12.0. The predicted molar refractivity (Wildman–Crippen MR) is 86.6 cm³/mol. The number of nitrogen functional groups attached to an aromatic ring is 1. The van der Waals surface area contributed by atoms with E-state index in [4.69, 9.17) is 27.2 Å². The smallest absolute Gasteiger partial charge is 0.339 e. The van der Waals surface area contributed by atoms with E-state index in [1.54, 1.807) is 24.3 Å². The summed E-state index contributed by atoms with van der Waals surface area (Å²) < 4.78 is 5.25. The van der Waals surface area contributed by atoms with Crippen LogP contribution in [-0.2, 0) is 11.3 Å². The van der Waals surface area contributed by atoms with Crippen LogP contribution in [0, 0.1) is 0 Å². The van der Waals surface area contributed by atoms with Gasteiger partial charge in [-0.3, -0.25) is 4.79 Å². The Morgan fingerprint density at radius 1 is 1.17 bits per heavy atom. The van der Waals surface area contributed by atoms with Crippen LogP contribution in [0.1, 0.15) is 15.9 Å². The summed E-state index contributed by atoms with van der Waals surface area (Å²) in [7, 11) is 0. The highest BCUT2D eigenvalue weighted by Crippen LogP contribution is 2.22. The Labute approximate surface area is 137 Å². The lowest BCUT2D eigenvalue weighted by Crippen LogP contribution is -2.28. The van der Waals surface area contributed by atoms with Gasteiger partial charge in [0, 0.05) is 17.3 Å². The molecule has 0 aliphatic carbocycles. The lowest BCUT2D eigenvalue weighted by atomic mass is 10.2. The van der Waals surface area contributed by atoms with Crippen molar-refractivity contribution in [2.75, 3.05) is 12.3 Å². The monoisotopic (exact) mass is 334 g/mol. The van der Waals surface area contributed by atoms with Gasteiger partial charge in [-0.15, -0.1) is 0 Å². The number of aromatic carboxylic acids is 1. The van der Waals surface area contributed by atoms with Gasteiger partial charge in [0.25, 0.3) is 5.91 Å². The number of amides is 1. The van der Waals surface area contributed by atoms with Crippen LogP contribution in [0.4, 0.5) is 5.69 Å². The number of hydrogen-bond acceptors (Lipinski definition) is 4. The summed E-state index contributed by atoms with van der Waals surface area (Å²) in [6, 6.07) is 11.3. The van der Waals surface area contributed by atoms with E-state index in [0.29, 0.717) is 12.2 Å². The fraction of sp³-hybridized carbons (Fsp3) is 0.125.